The summed E-state index contributed by atoms with van der Waals surface area (Å²) in [7, 11) is 0. The lowest BCUT2D eigenvalue weighted by atomic mass is 10.0. The standard InChI is InChI=1S/C20H19BrClFN4O2/c21-12-1-2-15(14(22)7-12)26-18-13(20(24)28)8-16-19(17(18)23)25-10-27(16)9-11-3-5-29-6-4-11/h1-2,7-8,10-11,26H,3-6,9H2,(H2,24,28). The molecule has 1 aliphatic rings. The fourth-order valence-electron chi connectivity index (χ4n) is 3.55. The zero-order valence-corrected chi connectivity index (χ0v) is 17.8. The first-order chi connectivity index (χ1) is 13.9. The number of carbonyl (C=O) groups excluding carboxylic acids is 1. The second-order valence-corrected chi connectivity index (χ2v) is 8.37. The number of nitrogens with zero attached hydrogens (tertiary/aromatic N) is 2. The van der Waals surface area contributed by atoms with Crippen molar-refractivity contribution >= 4 is 55.8 Å². The number of benzene rings is 2. The number of primary amides is 1. The molecule has 3 N–H and O–H groups in total. The number of rotatable bonds is 5. The van der Waals surface area contributed by atoms with Crippen LogP contribution in [0.3, 0.4) is 0 Å². The molecular weight excluding hydrogens is 463 g/mol. The highest BCUT2D eigenvalue weighted by molar-refractivity contribution is 9.10. The van der Waals surface area contributed by atoms with Crippen LogP contribution in [0.2, 0.25) is 5.02 Å². The van der Waals surface area contributed by atoms with Gasteiger partial charge >= 0.3 is 0 Å². The van der Waals surface area contributed by atoms with E-state index in [1.54, 1.807) is 30.6 Å². The maximum absolute atomic E-state index is 15.4. The van der Waals surface area contributed by atoms with E-state index in [1.807, 2.05) is 4.57 Å². The van der Waals surface area contributed by atoms with Crippen molar-refractivity contribution in [3.05, 3.63) is 51.5 Å². The molecule has 3 aromatic rings. The van der Waals surface area contributed by atoms with E-state index in [2.05, 4.69) is 26.2 Å². The molecule has 0 unspecified atom stereocenters. The number of anilines is 2. The van der Waals surface area contributed by atoms with E-state index in [9.17, 15) is 4.79 Å². The Morgan fingerprint density at radius 1 is 1.38 bits per heavy atom. The van der Waals surface area contributed by atoms with Crippen LogP contribution in [0.1, 0.15) is 23.2 Å². The summed E-state index contributed by atoms with van der Waals surface area (Å²) >= 11 is 9.56. The summed E-state index contributed by atoms with van der Waals surface area (Å²) in [5.74, 6) is -0.957. The minimum atomic E-state index is -0.736. The SMILES string of the molecule is NC(=O)c1cc2c(ncn2CC2CCOCC2)c(F)c1Nc1ccc(Br)cc1Cl. The van der Waals surface area contributed by atoms with Gasteiger partial charge in [0, 0.05) is 24.2 Å². The molecule has 0 aliphatic carbocycles. The highest BCUT2D eigenvalue weighted by Gasteiger charge is 2.22. The molecule has 1 fully saturated rings. The van der Waals surface area contributed by atoms with Crippen LogP contribution < -0.4 is 11.1 Å². The van der Waals surface area contributed by atoms with Crippen LogP contribution in [0.4, 0.5) is 15.8 Å². The van der Waals surface area contributed by atoms with E-state index in [0.717, 1.165) is 30.5 Å². The minimum absolute atomic E-state index is 0.0365. The van der Waals surface area contributed by atoms with Crippen molar-refractivity contribution in [2.45, 2.75) is 19.4 Å². The van der Waals surface area contributed by atoms with Gasteiger partial charge in [0.1, 0.15) is 5.52 Å². The second-order valence-electron chi connectivity index (χ2n) is 7.05. The maximum Gasteiger partial charge on any atom is 0.251 e. The predicted molar refractivity (Wildman–Crippen MR) is 114 cm³/mol. The van der Waals surface area contributed by atoms with E-state index >= 15 is 4.39 Å². The van der Waals surface area contributed by atoms with Crippen LogP contribution in [-0.4, -0.2) is 28.7 Å². The number of hydrogen-bond acceptors (Lipinski definition) is 4. The Morgan fingerprint density at radius 3 is 2.83 bits per heavy atom. The minimum Gasteiger partial charge on any atom is -0.381 e. The molecule has 1 aromatic heterocycles. The van der Waals surface area contributed by atoms with Crippen LogP contribution >= 0.6 is 27.5 Å². The second kappa shape index (κ2) is 8.30. The predicted octanol–water partition coefficient (Wildman–Crippen LogP) is 4.86. The Morgan fingerprint density at radius 2 is 2.14 bits per heavy atom. The molecule has 1 aliphatic heterocycles. The average Bonchev–Trinajstić information content (AvgIpc) is 3.09. The number of ether oxygens (including phenoxy) is 1. The van der Waals surface area contributed by atoms with Crippen molar-refractivity contribution < 1.29 is 13.9 Å². The topological polar surface area (TPSA) is 82.2 Å². The zero-order valence-electron chi connectivity index (χ0n) is 15.4. The highest BCUT2D eigenvalue weighted by atomic mass is 79.9. The van der Waals surface area contributed by atoms with Crippen LogP contribution in [0.15, 0.2) is 35.1 Å². The molecule has 1 saturated heterocycles. The summed E-state index contributed by atoms with van der Waals surface area (Å²) < 4.78 is 23.4. The molecule has 6 nitrogen and oxygen atoms in total. The van der Waals surface area contributed by atoms with Gasteiger partial charge in [-0.25, -0.2) is 9.37 Å². The summed E-state index contributed by atoms with van der Waals surface area (Å²) in [5.41, 5.74) is 6.74. The van der Waals surface area contributed by atoms with Gasteiger partial charge < -0.3 is 20.4 Å². The summed E-state index contributed by atoms with van der Waals surface area (Å²) in [6.45, 7) is 2.13. The van der Waals surface area contributed by atoms with Crippen molar-refractivity contribution in [1.82, 2.24) is 9.55 Å². The number of amides is 1. The lowest BCUT2D eigenvalue weighted by molar-refractivity contribution is 0.0616. The molecule has 0 atom stereocenters. The van der Waals surface area contributed by atoms with Gasteiger partial charge in [0.2, 0.25) is 0 Å². The molecule has 2 aromatic carbocycles. The molecule has 1 amide bonds. The average molecular weight is 482 g/mol. The van der Waals surface area contributed by atoms with Gasteiger partial charge in [-0.1, -0.05) is 27.5 Å². The Bertz CT molecular complexity index is 1080. The number of carbonyl (C=O) groups is 1. The number of fused-ring (bicyclic) bond motifs is 1. The zero-order chi connectivity index (χ0) is 20.5. The summed E-state index contributed by atoms with van der Waals surface area (Å²) in [4.78, 5) is 16.3. The fraction of sp³-hybridized carbons (Fsp3) is 0.300. The molecule has 0 bridgehead atoms. The van der Waals surface area contributed by atoms with Gasteiger partial charge in [-0.2, -0.15) is 0 Å². The third kappa shape index (κ3) is 4.10. The van der Waals surface area contributed by atoms with Crippen molar-refractivity contribution in [2.24, 2.45) is 11.7 Å². The molecule has 0 saturated carbocycles. The van der Waals surface area contributed by atoms with Crippen molar-refractivity contribution in [1.29, 1.82) is 0 Å². The van der Waals surface area contributed by atoms with Crippen LogP contribution in [0.5, 0.6) is 0 Å². The van der Waals surface area contributed by atoms with Crippen LogP contribution in [0, 0.1) is 11.7 Å². The van der Waals surface area contributed by atoms with E-state index < -0.39 is 11.7 Å². The first-order valence-corrected chi connectivity index (χ1v) is 10.4. The monoisotopic (exact) mass is 480 g/mol. The largest absolute Gasteiger partial charge is 0.381 e. The Kier molecular flexibility index (Phi) is 5.76. The molecule has 0 radical (unpaired) electrons. The summed E-state index contributed by atoms with van der Waals surface area (Å²) in [6.07, 6.45) is 3.48. The molecular formula is C20H19BrClFN4O2. The number of imidazole rings is 1. The Hall–Kier alpha value is -2.16. The van der Waals surface area contributed by atoms with Gasteiger partial charge in [0.15, 0.2) is 5.82 Å². The van der Waals surface area contributed by atoms with E-state index in [1.165, 1.54) is 0 Å². The van der Waals surface area contributed by atoms with Crippen molar-refractivity contribution in [2.75, 3.05) is 18.5 Å². The molecule has 2 heterocycles. The van der Waals surface area contributed by atoms with Gasteiger partial charge in [-0.05, 0) is 43.0 Å². The maximum atomic E-state index is 15.4. The first-order valence-electron chi connectivity index (χ1n) is 9.21. The van der Waals surface area contributed by atoms with Gasteiger partial charge in [-0.15, -0.1) is 0 Å². The van der Waals surface area contributed by atoms with Gasteiger partial charge in [0.05, 0.1) is 33.8 Å². The van der Waals surface area contributed by atoms with Crippen molar-refractivity contribution in [3.8, 4) is 0 Å². The van der Waals surface area contributed by atoms with Gasteiger partial charge in [-0.3, -0.25) is 4.79 Å². The third-order valence-corrected chi connectivity index (χ3v) is 5.91. The first kappa shape index (κ1) is 20.1. The number of nitrogens with one attached hydrogen (secondary N) is 1. The molecule has 4 rings (SSSR count). The van der Waals surface area contributed by atoms with E-state index in [-0.39, 0.29) is 16.8 Å². The van der Waals surface area contributed by atoms with E-state index in [4.69, 9.17) is 22.1 Å². The van der Waals surface area contributed by atoms with E-state index in [0.29, 0.717) is 28.7 Å². The number of halogens is 3. The quantitative estimate of drug-likeness (QED) is 0.545. The van der Waals surface area contributed by atoms with Crippen LogP contribution in [0.25, 0.3) is 11.0 Å². The molecule has 0 spiro atoms. The number of nitrogens with two attached hydrogens (primary N) is 1. The number of hydrogen-bond donors (Lipinski definition) is 2. The summed E-state index contributed by atoms with van der Waals surface area (Å²) in [6, 6.07) is 6.71. The van der Waals surface area contributed by atoms with Crippen molar-refractivity contribution in [3.63, 3.8) is 0 Å². The molecule has 152 valence electrons. The number of aromatic nitrogens is 2. The summed E-state index contributed by atoms with van der Waals surface area (Å²) in [5, 5.41) is 3.28. The molecule has 29 heavy (non-hydrogen) atoms. The fourth-order valence-corrected chi connectivity index (χ4v) is 4.27. The smallest absolute Gasteiger partial charge is 0.251 e. The van der Waals surface area contributed by atoms with Gasteiger partial charge in [0.25, 0.3) is 5.91 Å². The van der Waals surface area contributed by atoms with Crippen LogP contribution in [-0.2, 0) is 11.3 Å². The molecule has 9 heteroatoms. The normalized spacial score (nSPS) is 15.0. The Labute approximate surface area is 180 Å². The lowest BCUT2D eigenvalue weighted by Gasteiger charge is -2.22. The third-order valence-electron chi connectivity index (χ3n) is 5.11. The highest BCUT2D eigenvalue weighted by Crippen LogP contribution is 2.34. The Balaban J connectivity index is 1.75. The lowest BCUT2D eigenvalue weighted by Crippen LogP contribution is -2.20.